The van der Waals surface area contributed by atoms with Crippen LogP contribution in [-0.4, -0.2) is 60.6 Å². The molecule has 1 saturated heterocycles. The molecule has 0 aromatic heterocycles. The smallest absolute Gasteiger partial charge is 0.317 e. The van der Waals surface area contributed by atoms with Gasteiger partial charge < -0.3 is 16.0 Å². The lowest BCUT2D eigenvalue weighted by molar-refractivity contribution is 0.103. The average Bonchev–Trinajstić information content (AvgIpc) is 2.40. The van der Waals surface area contributed by atoms with Crippen molar-refractivity contribution in [2.75, 3.05) is 32.7 Å². The van der Waals surface area contributed by atoms with Crippen molar-refractivity contribution in [3.63, 3.8) is 0 Å². The number of nitrogens with zero attached hydrogens (tertiary/aromatic N) is 2. The summed E-state index contributed by atoms with van der Waals surface area (Å²) in [7, 11) is 0. The Bertz CT molecular complexity index is 285. The maximum absolute atomic E-state index is 12.0. The van der Waals surface area contributed by atoms with Crippen LogP contribution in [0.3, 0.4) is 0 Å². The van der Waals surface area contributed by atoms with E-state index in [1.165, 1.54) is 12.8 Å². The molecular weight excluding hydrogens is 240 g/mol. The molecule has 5 nitrogen and oxygen atoms in total. The Kier molecular flexibility index (Phi) is 5.45. The topological polar surface area (TPSA) is 61.6 Å². The van der Waals surface area contributed by atoms with Crippen molar-refractivity contribution >= 4 is 6.03 Å². The largest absolute Gasteiger partial charge is 0.335 e. The van der Waals surface area contributed by atoms with Gasteiger partial charge in [-0.25, -0.2) is 4.79 Å². The molecule has 0 aromatic rings. The summed E-state index contributed by atoms with van der Waals surface area (Å²) in [6.45, 7) is 6.50. The van der Waals surface area contributed by atoms with Gasteiger partial charge in [-0.3, -0.25) is 4.90 Å². The minimum Gasteiger partial charge on any atom is -0.335 e. The number of nitrogens with one attached hydrogen (secondary N) is 1. The van der Waals surface area contributed by atoms with Crippen LogP contribution >= 0.6 is 0 Å². The van der Waals surface area contributed by atoms with Gasteiger partial charge in [0.2, 0.25) is 0 Å². The molecule has 1 saturated carbocycles. The third kappa shape index (κ3) is 3.83. The van der Waals surface area contributed by atoms with Crippen molar-refractivity contribution in [3.8, 4) is 0 Å². The molecule has 5 heteroatoms. The number of hydrogen-bond acceptors (Lipinski definition) is 3. The maximum Gasteiger partial charge on any atom is 0.317 e. The van der Waals surface area contributed by atoms with Gasteiger partial charge in [-0.15, -0.1) is 0 Å². The minimum absolute atomic E-state index is 0.129. The van der Waals surface area contributed by atoms with Gasteiger partial charge in [0, 0.05) is 44.8 Å². The molecule has 3 N–H and O–H groups in total. The highest BCUT2D eigenvalue weighted by Gasteiger charge is 2.27. The average molecular weight is 268 g/mol. The predicted octanol–water partition coefficient (Wildman–Crippen LogP) is 0.994. The molecular formula is C14H28N4O. The molecule has 110 valence electrons. The number of piperazine rings is 1. The lowest BCUT2D eigenvalue weighted by atomic mass is 9.93. The predicted molar refractivity (Wildman–Crippen MR) is 77.1 cm³/mol. The van der Waals surface area contributed by atoms with Gasteiger partial charge >= 0.3 is 6.03 Å². The lowest BCUT2D eigenvalue weighted by Gasteiger charge is -2.40. The molecule has 19 heavy (non-hydrogen) atoms. The van der Waals surface area contributed by atoms with Gasteiger partial charge in [-0.05, 0) is 25.7 Å². The Balaban J connectivity index is 1.73. The van der Waals surface area contributed by atoms with E-state index >= 15 is 0 Å². The van der Waals surface area contributed by atoms with E-state index in [1.54, 1.807) is 0 Å². The SMILES string of the molecule is CCCC(CN)N1CCN(C(=O)NC2CCC2)CC1. The van der Waals surface area contributed by atoms with Crippen LogP contribution in [0.25, 0.3) is 0 Å². The zero-order chi connectivity index (χ0) is 13.7. The fourth-order valence-corrected chi connectivity index (χ4v) is 2.89. The minimum atomic E-state index is 0.129. The molecule has 0 aromatic carbocycles. The molecule has 0 bridgehead atoms. The first-order valence-electron chi connectivity index (χ1n) is 7.74. The van der Waals surface area contributed by atoms with Crippen LogP contribution < -0.4 is 11.1 Å². The van der Waals surface area contributed by atoms with E-state index in [1.807, 2.05) is 4.90 Å². The first-order chi connectivity index (χ1) is 9.24. The highest BCUT2D eigenvalue weighted by Crippen LogP contribution is 2.18. The van der Waals surface area contributed by atoms with Crippen molar-refractivity contribution in [1.29, 1.82) is 0 Å². The second-order valence-corrected chi connectivity index (χ2v) is 5.78. The van der Waals surface area contributed by atoms with Gasteiger partial charge in [0.1, 0.15) is 0 Å². The van der Waals surface area contributed by atoms with Crippen molar-refractivity contribution < 1.29 is 4.79 Å². The van der Waals surface area contributed by atoms with Gasteiger partial charge in [-0.2, -0.15) is 0 Å². The summed E-state index contributed by atoms with van der Waals surface area (Å²) in [6, 6.07) is 1.05. The molecule has 1 unspecified atom stereocenters. The zero-order valence-electron chi connectivity index (χ0n) is 12.1. The van der Waals surface area contributed by atoms with Crippen LogP contribution in [0, 0.1) is 0 Å². The molecule has 2 amide bonds. The molecule has 2 aliphatic rings. The van der Waals surface area contributed by atoms with Crippen molar-refractivity contribution in [1.82, 2.24) is 15.1 Å². The Morgan fingerprint density at radius 2 is 2.00 bits per heavy atom. The maximum atomic E-state index is 12.0. The Morgan fingerprint density at radius 3 is 2.47 bits per heavy atom. The summed E-state index contributed by atoms with van der Waals surface area (Å²) in [5, 5.41) is 3.11. The molecule has 1 aliphatic heterocycles. The van der Waals surface area contributed by atoms with Gasteiger partial charge in [-0.1, -0.05) is 13.3 Å². The van der Waals surface area contributed by atoms with Gasteiger partial charge in [0.05, 0.1) is 0 Å². The summed E-state index contributed by atoms with van der Waals surface area (Å²) < 4.78 is 0. The number of hydrogen-bond donors (Lipinski definition) is 2. The van der Waals surface area contributed by atoms with Crippen molar-refractivity contribution in [2.45, 2.75) is 51.1 Å². The van der Waals surface area contributed by atoms with E-state index < -0.39 is 0 Å². The van der Waals surface area contributed by atoms with Crippen LogP contribution in [-0.2, 0) is 0 Å². The molecule has 1 atom stereocenters. The summed E-state index contributed by atoms with van der Waals surface area (Å²) in [5.41, 5.74) is 5.84. The fraction of sp³-hybridized carbons (Fsp3) is 0.929. The summed E-state index contributed by atoms with van der Waals surface area (Å²) in [5.74, 6) is 0. The highest BCUT2D eigenvalue weighted by atomic mass is 16.2. The van der Waals surface area contributed by atoms with E-state index in [-0.39, 0.29) is 6.03 Å². The second-order valence-electron chi connectivity index (χ2n) is 5.78. The van der Waals surface area contributed by atoms with Crippen LogP contribution in [0.15, 0.2) is 0 Å². The Morgan fingerprint density at radius 1 is 1.32 bits per heavy atom. The van der Waals surface area contributed by atoms with E-state index in [0.717, 1.165) is 52.0 Å². The third-order valence-electron chi connectivity index (χ3n) is 4.44. The number of amides is 2. The zero-order valence-corrected chi connectivity index (χ0v) is 12.1. The van der Waals surface area contributed by atoms with Crippen LogP contribution in [0.4, 0.5) is 4.79 Å². The molecule has 0 spiro atoms. The van der Waals surface area contributed by atoms with E-state index in [4.69, 9.17) is 5.73 Å². The molecule has 2 rings (SSSR count). The van der Waals surface area contributed by atoms with Crippen LogP contribution in [0.2, 0.25) is 0 Å². The van der Waals surface area contributed by atoms with Crippen LogP contribution in [0.5, 0.6) is 0 Å². The number of urea groups is 1. The number of carbonyl (C=O) groups excluding carboxylic acids is 1. The second kappa shape index (κ2) is 7.10. The first kappa shape index (κ1) is 14.6. The highest BCUT2D eigenvalue weighted by molar-refractivity contribution is 5.74. The lowest BCUT2D eigenvalue weighted by Crippen LogP contribution is -2.57. The van der Waals surface area contributed by atoms with Gasteiger partial charge in [0.15, 0.2) is 0 Å². The number of rotatable bonds is 5. The van der Waals surface area contributed by atoms with E-state index in [9.17, 15) is 4.79 Å². The molecule has 1 aliphatic carbocycles. The monoisotopic (exact) mass is 268 g/mol. The third-order valence-corrected chi connectivity index (χ3v) is 4.44. The van der Waals surface area contributed by atoms with E-state index in [2.05, 4.69) is 17.1 Å². The van der Waals surface area contributed by atoms with Crippen molar-refractivity contribution in [3.05, 3.63) is 0 Å². The standard InChI is InChI=1S/C14H28N4O/c1-2-4-13(11-15)17-7-9-18(10-8-17)14(19)16-12-5-3-6-12/h12-13H,2-11,15H2,1H3,(H,16,19). The normalized spacial score (nSPS) is 22.9. The summed E-state index contributed by atoms with van der Waals surface area (Å²) >= 11 is 0. The fourth-order valence-electron chi connectivity index (χ4n) is 2.89. The van der Waals surface area contributed by atoms with Crippen LogP contribution in [0.1, 0.15) is 39.0 Å². The van der Waals surface area contributed by atoms with Crippen molar-refractivity contribution in [2.24, 2.45) is 5.73 Å². The molecule has 0 radical (unpaired) electrons. The summed E-state index contributed by atoms with van der Waals surface area (Å²) in [6.07, 6.45) is 5.89. The van der Waals surface area contributed by atoms with Gasteiger partial charge in [0.25, 0.3) is 0 Å². The number of nitrogens with two attached hydrogens (primary N) is 1. The summed E-state index contributed by atoms with van der Waals surface area (Å²) in [4.78, 5) is 16.4. The molecule has 2 fully saturated rings. The Labute approximate surface area is 116 Å². The molecule has 1 heterocycles. The quantitative estimate of drug-likeness (QED) is 0.782. The number of carbonyl (C=O) groups is 1. The first-order valence-corrected chi connectivity index (χ1v) is 7.74. The van der Waals surface area contributed by atoms with E-state index in [0.29, 0.717) is 12.1 Å². The Hall–Kier alpha value is -0.810.